The van der Waals surface area contributed by atoms with Crippen LogP contribution >= 0.6 is 34.4 Å². The number of amides is 1. The summed E-state index contributed by atoms with van der Waals surface area (Å²) in [4.78, 5) is 17.5. The van der Waals surface area contributed by atoms with Crippen LogP contribution in [0, 0.1) is 0 Å². The van der Waals surface area contributed by atoms with Crippen LogP contribution in [0.5, 0.6) is 5.06 Å². The molecule has 3 atom stereocenters. The Morgan fingerprint density at radius 2 is 2.35 bits per heavy atom. The topological polar surface area (TPSA) is 63.2 Å². The summed E-state index contributed by atoms with van der Waals surface area (Å²) in [7, 11) is 1.64. The van der Waals surface area contributed by atoms with Crippen molar-refractivity contribution < 1.29 is 9.53 Å². The van der Waals surface area contributed by atoms with Crippen LogP contribution in [0.4, 0.5) is 0 Å². The van der Waals surface area contributed by atoms with Gasteiger partial charge in [-0.15, -0.1) is 11.3 Å². The molecule has 0 unspecified atom stereocenters. The SMILES string of the molecule is COc1cnc(Sc2ccc(C(=O)N[C@@H]3C[C@H]4CC[C@@H]3N4)s2)s1. The van der Waals surface area contributed by atoms with E-state index in [-0.39, 0.29) is 11.9 Å². The number of rotatable bonds is 5. The van der Waals surface area contributed by atoms with Crippen molar-refractivity contribution in [1.82, 2.24) is 15.6 Å². The number of methoxy groups -OCH3 is 1. The fourth-order valence-corrected chi connectivity index (χ4v) is 6.23. The second kappa shape index (κ2) is 6.43. The first-order valence-corrected chi connectivity index (χ1v) is 10.0. The Bertz CT molecular complexity index is 714. The molecule has 8 heteroatoms. The molecule has 2 aromatic heterocycles. The minimum absolute atomic E-state index is 0.0397. The van der Waals surface area contributed by atoms with Gasteiger partial charge in [0.1, 0.15) is 0 Å². The van der Waals surface area contributed by atoms with Gasteiger partial charge in [-0.05, 0) is 43.2 Å². The molecule has 4 heterocycles. The number of nitrogens with zero attached hydrogens (tertiary/aromatic N) is 1. The molecular weight excluding hydrogens is 350 g/mol. The molecule has 2 aliphatic heterocycles. The molecule has 0 spiro atoms. The van der Waals surface area contributed by atoms with Gasteiger partial charge in [-0.3, -0.25) is 4.79 Å². The fourth-order valence-electron chi connectivity index (χ4n) is 3.19. The normalized spacial score (nSPS) is 25.7. The minimum atomic E-state index is 0.0397. The molecule has 2 bridgehead atoms. The molecule has 2 aliphatic rings. The van der Waals surface area contributed by atoms with E-state index in [4.69, 9.17) is 4.74 Å². The number of fused-ring (bicyclic) bond motifs is 2. The lowest BCUT2D eigenvalue weighted by Gasteiger charge is -2.20. The van der Waals surface area contributed by atoms with Gasteiger partial charge in [0.2, 0.25) is 0 Å². The average molecular weight is 368 g/mol. The van der Waals surface area contributed by atoms with E-state index >= 15 is 0 Å². The number of thiophene rings is 1. The lowest BCUT2D eigenvalue weighted by Crippen LogP contribution is -2.42. The highest BCUT2D eigenvalue weighted by molar-refractivity contribution is 8.02. The Hall–Kier alpha value is -1.09. The van der Waals surface area contributed by atoms with Crippen molar-refractivity contribution in [3.63, 3.8) is 0 Å². The maximum Gasteiger partial charge on any atom is 0.261 e. The zero-order valence-electron chi connectivity index (χ0n) is 12.6. The second-order valence-electron chi connectivity index (χ2n) is 5.73. The smallest absolute Gasteiger partial charge is 0.261 e. The highest BCUT2D eigenvalue weighted by atomic mass is 32.2. The first-order chi connectivity index (χ1) is 11.2. The molecule has 0 aromatic carbocycles. The Balaban J connectivity index is 1.38. The zero-order chi connectivity index (χ0) is 15.8. The Kier molecular flexibility index (Phi) is 4.31. The van der Waals surface area contributed by atoms with E-state index < -0.39 is 0 Å². The van der Waals surface area contributed by atoms with Crippen LogP contribution in [0.15, 0.2) is 26.9 Å². The van der Waals surface area contributed by atoms with Crippen LogP contribution in [-0.2, 0) is 0 Å². The third kappa shape index (κ3) is 3.26. The summed E-state index contributed by atoms with van der Waals surface area (Å²) in [5.41, 5.74) is 0. The summed E-state index contributed by atoms with van der Waals surface area (Å²) in [6.45, 7) is 0. The van der Waals surface area contributed by atoms with Crippen LogP contribution in [0.1, 0.15) is 28.9 Å². The molecular formula is C15H17N3O2S3. The van der Waals surface area contributed by atoms with E-state index in [0.717, 1.165) is 24.9 Å². The summed E-state index contributed by atoms with van der Waals surface area (Å²) >= 11 is 4.59. The molecule has 2 N–H and O–H groups in total. The Morgan fingerprint density at radius 1 is 1.43 bits per heavy atom. The van der Waals surface area contributed by atoms with Crippen LogP contribution in [0.3, 0.4) is 0 Å². The molecule has 0 saturated carbocycles. The van der Waals surface area contributed by atoms with E-state index in [1.54, 1.807) is 25.1 Å². The highest BCUT2D eigenvalue weighted by Crippen LogP contribution is 2.37. The Morgan fingerprint density at radius 3 is 3.04 bits per heavy atom. The third-order valence-electron chi connectivity index (χ3n) is 4.27. The van der Waals surface area contributed by atoms with Crippen LogP contribution < -0.4 is 15.4 Å². The molecule has 2 fully saturated rings. The highest BCUT2D eigenvalue weighted by Gasteiger charge is 2.39. The van der Waals surface area contributed by atoms with Crippen molar-refractivity contribution in [3.05, 3.63) is 23.2 Å². The molecule has 2 aromatic rings. The van der Waals surface area contributed by atoms with Gasteiger partial charge in [0.25, 0.3) is 5.91 Å². The van der Waals surface area contributed by atoms with Gasteiger partial charge in [0.05, 0.1) is 22.4 Å². The molecule has 1 amide bonds. The van der Waals surface area contributed by atoms with Crippen LogP contribution in [0.25, 0.3) is 0 Å². The summed E-state index contributed by atoms with van der Waals surface area (Å²) in [5.74, 6) is 0.0397. The van der Waals surface area contributed by atoms with Gasteiger partial charge in [0.15, 0.2) is 9.40 Å². The molecule has 122 valence electrons. The molecule has 0 aliphatic carbocycles. The van der Waals surface area contributed by atoms with Gasteiger partial charge in [0, 0.05) is 18.1 Å². The number of carbonyl (C=O) groups is 1. The monoisotopic (exact) mass is 367 g/mol. The summed E-state index contributed by atoms with van der Waals surface area (Å²) in [6, 6.07) is 5.22. The second-order valence-corrected chi connectivity index (χ2v) is 9.36. The number of hydrogen-bond donors (Lipinski definition) is 2. The first kappa shape index (κ1) is 15.4. The van der Waals surface area contributed by atoms with Crippen molar-refractivity contribution in [2.45, 2.75) is 45.9 Å². The van der Waals surface area contributed by atoms with Crippen molar-refractivity contribution in [3.8, 4) is 5.06 Å². The standard InChI is InChI=1S/C15H17N3O2S3/c1-20-12-7-16-15(22-12)23-13-5-4-11(21-13)14(19)18-10-6-8-2-3-9(10)17-8/h4-5,7-10,17H,2-3,6H2,1H3,(H,18,19)/t8-,9+,10-/m1/s1. The average Bonchev–Trinajstić information content (AvgIpc) is 3.32. The quantitative estimate of drug-likeness (QED) is 0.851. The number of hydrogen-bond acceptors (Lipinski definition) is 7. The predicted octanol–water partition coefficient (Wildman–Crippen LogP) is 2.99. The van der Waals surface area contributed by atoms with Gasteiger partial charge in [-0.1, -0.05) is 11.3 Å². The largest absolute Gasteiger partial charge is 0.486 e. The lowest BCUT2D eigenvalue weighted by molar-refractivity contribution is 0.0935. The molecule has 0 radical (unpaired) electrons. The first-order valence-electron chi connectivity index (χ1n) is 7.55. The number of nitrogens with one attached hydrogen (secondary N) is 2. The van der Waals surface area contributed by atoms with Crippen LogP contribution in [-0.4, -0.2) is 36.1 Å². The maximum atomic E-state index is 12.4. The van der Waals surface area contributed by atoms with E-state index in [1.165, 1.54) is 35.5 Å². The van der Waals surface area contributed by atoms with Crippen molar-refractivity contribution in [2.24, 2.45) is 0 Å². The maximum absolute atomic E-state index is 12.4. The lowest BCUT2D eigenvalue weighted by atomic mass is 9.95. The number of ether oxygens (including phenoxy) is 1. The fraction of sp³-hybridized carbons (Fsp3) is 0.467. The van der Waals surface area contributed by atoms with E-state index in [9.17, 15) is 4.79 Å². The summed E-state index contributed by atoms with van der Waals surface area (Å²) in [6.07, 6.45) is 5.19. The predicted molar refractivity (Wildman–Crippen MR) is 92.9 cm³/mol. The molecule has 5 nitrogen and oxygen atoms in total. The van der Waals surface area contributed by atoms with E-state index in [0.29, 0.717) is 12.1 Å². The van der Waals surface area contributed by atoms with Crippen molar-refractivity contribution in [2.75, 3.05) is 7.11 Å². The summed E-state index contributed by atoms with van der Waals surface area (Å²) < 4.78 is 7.14. The Labute approximate surface area is 146 Å². The third-order valence-corrected chi connectivity index (χ3v) is 7.52. The van der Waals surface area contributed by atoms with Crippen molar-refractivity contribution in [1.29, 1.82) is 0 Å². The van der Waals surface area contributed by atoms with Gasteiger partial charge in [-0.25, -0.2) is 4.98 Å². The minimum Gasteiger partial charge on any atom is -0.486 e. The van der Waals surface area contributed by atoms with Gasteiger partial charge < -0.3 is 15.4 Å². The van der Waals surface area contributed by atoms with Crippen LogP contribution in [0.2, 0.25) is 0 Å². The number of aromatic nitrogens is 1. The van der Waals surface area contributed by atoms with Crippen molar-refractivity contribution >= 4 is 40.3 Å². The molecule has 2 saturated heterocycles. The number of carbonyl (C=O) groups excluding carboxylic acids is 1. The van der Waals surface area contributed by atoms with Gasteiger partial charge in [-0.2, -0.15) is 0 Å². The zero-order valence-corrected chi connectivity index (χ0v) is 15.0. The number of thiazole rings is 1. The molecule has 23 heavy (non-hydrogen) atoms. The van der Waals surface area contributed by atoms with E-state index in [1.807, 2.05) is 12.1 Å². The summed E-state index contributed by atoms with van der Waals surface area (Å²) in [5, 5.41) is 7.53. The van der Waals surface area contributed by atoms with E-state index in [2.05, 4.69) is 15.6 Å². The van der Waals surface area contributed by atoms with Gasteiger partial charge >= 0.3 is 0 Å². The molecule has 4 rings (SSSR count).